The Hall–Kier alpha value is -2.53. The topological polar surface area (TPSA) is 75.1 Å². The second-order valence-corrected chi connectivity index (χ2v) is 10.4. The molecule has 1 aromatic carbocycles. The average Bonchev–Trinajstić information content (AvgIpc) is 2.79. The van der Waals surface area contributed by atoms with Gasteiger partial charge in [0.15, 0.2) is 0 Å². The minimum Gasteiger partial charge on any atom is -0.392 e. The summed E-state index contributed by atoms with van der Waals surface area (Å²) < 4.78 is 44.0. The number of pyridine rings is 2. The average molecular weight is 581 g/mol. The second kappa shape index (κ2) is 10.4. The van der Waals surface area contributed by atoms with E-state index in [9.17, 15) is 18.0 Å². The zero-order valence-electron chi connectivity index (χ0n) is 18.4. The molecular weight excluding hydrogens is 558 g/mol. The van der Waals surface area contributed by atoms with Crippen molar-refractivity contribution in [2.45, 2.75) is 42.6 Å². The van der Waals surface area contributed by atoms with E-state index in [2.05, 4.69) is 44.8 Å². The van der Waals surface area contributed by atoms with Crippen molar-refractivity contribution in [3.8, 4) is 11.3 Å². The van der Waals surface area contributed by atoms with Crippen LogP contribution in [0.25, 0.3) is 11.3 Å². The molecule has 2 heterocycles. The monoisotopic (exact) mass is 581 g/mol. The molecule has 9 heteroatoms. The normalized spacial score (nSPS) is 20.2. The van der Waals surface area contributed by atoms with Gasteiger partial charge in [-0.15, -0.1) is 0 Å². The summed E-state index contributed by atoms with van der Waals surface area (Å²) in [6.07, 6.45) is 6.37. The molecule has 2 aromatic heterocycles. The van der Waals surface area contributed by atoms with Gasteiger partial charge in [-0.1, -0.05) is 29.5 Å². The molecule has 34 heavy (non-hydrogen) atoms. The highest BCUT2D eigenvalue weighted by Gasteiger charge is 2.28. The molecule has 0 saturated heterocycles. The number of halogens is 4. The number of hydrogen-bond acceptors (Lipinski definition) is 4. The quantitative estimate of drug-likeness (QED) is 0.286. The molecule has 2 N–H and O–H groups in total. The summed E-state index contributed by atoms with van der Waals surface area (Å²) in [6, 6.07) is 5.80. The number of hydrogen-bond donors (Lipinski definition) is 2. The Kier molecular flexibility index (Phi) is 7.51. The molecule has 0 bridgehead atoms. The Balaban J connectivity index is 1.64. The molecule has 1 amide bonds. The number of aromatic nitrogens is 2. The first-order valence-electron chi connectivity index (χ1n) is 10.9. The van der Waals surface area contributed by atoms with E-state index in [1.165, 1.54) is 0 Å². The fourth-order valence-electron chi connectivity index (χ4n) is 4.51. The third-order valence-corrected chi connectivity index (χ3v) is 7.05. The molecule has 1 aliphatic carbocycles. The maximum Gasteiger partial charge on any atom is 0.274 e. The third-order valence-electron chi connectivity index (χ3n) is 6.03. The van der Waals surface area contributed by atoms with Crippen LogP contribution >= 0.6 is 22.6 Å². The van der Waals surface area contributed by atoms with Crippen LogP contribution in [0.4, 0.5) is 18.9 Å². The lowest BCUT2D eigenvalue weighted by Gasteiger charge is -2.31. The number of nitrogens with zero attached hydrogens (tertiary/aromatic N) is 2. The molecular formula is C25H23F3IN3O2. The van der Waals surface area contributed by atoms with Crippen molar-refractivity contribution in [2.24, 2.45) is 5.92 Å². The van der Waals surface area contributed by atoms with E-state index in [-0.39, 0.29) is 17.2 Å². The fourth-order valence-corrected chi connectivity index (χ4v) is 5.99. The minimum atomic E-state index is -1.08. The van der Waals surface area contributed by atoms with Crippen molar-refractivity contribution in [1.82, 2.24) is 9.97 Å². The van der Waals surface area contributed by atoms with Crippen LogP contribution in [0.1, 0.15) is 53.7 Å². The van der Waals surface area contributed by atoms with Crippen LogP contribution in [0, 0.1) is 23.4 Å². The van der Waals surface area contributed by atoms with Crippen molar-refractivity contribution in [1.29, 1.82) is 0 Å². The minimum absolute atomic E-state index is 0.00272. The second-order valence-electron chi connectivity index (χ2n) is 8.64. The summed E-state index contributed by atoms with van der Waals surface area (Å²) >= 11 is 2.46. The fraction of sp³-hybridized carbons (Fsp3) is 0.320. The molecule has 0 spiro atoms. The van der Waals surface area contributed by atoms with Crippen LogP contribution < -0.4 is 5.32 Å². The Labute approximate surface area is 209 Å². The largest absolute Gasteiger partial charge is 0.392 e. The number of aliphatic hydroxyl groups is 1. The maximum atomic E-state index is 14.5. The van der Waals surface area contributed by atoms with Crippen LogP contribution in [-0.2, 0) is 6.61 Å². The third kappa shape index (κ3) is 5.25. The Morgan fingerprint density at radius 3 is 2.53 bits per heavy atom. The van der Waals surface area contributed by atoms with Gasteiger partial charge in [-0.05, 0) is 72.6 Å². The number of carbonyl (C=O) groups excluding carboxylic acids is 1. The van der Waals surface area contributed by atoms with E-state index < -0.39 is 41.2 Å². The summed E-state index contributed by atoms with van der Waals surface area (Å²) in [5.41, 5.74) is -0.00539. The van der Waals surface area contributed by atoms with E-state index in [0.717, 1.165) is 49.1 Å². The van der Waals surface area contributed by atoms with E-state index in [1.807, 2.05) is 6.07 Å². The highest BCUT2D eigenvalue weighted by molar-refractivity contribution is 14.1. The number of amides is 1. The molecule has 0 aliphatic heterocycles. The van der Waals surface area contributed by atoms with Gasteiger partial charge in [-0.25, -0.2) is 18.2 Å². The Morgan fingerprint density at radius 2 is 1.85 bits per heavy atom. The Morgan fingerprint density at radius 1 is 1.12 bits per heavy atom. The van der Waals surface area contributed by atoms with E-state index in [0.29, 0.717) is 15.5 Å². The SMILES string of the molecule is C[C@@H]1CC(I)CC(c2ccncc2NC(=O)c2ccc(F)c(-c3c(F)cc(CO)cc3F)n2)C1. The number of alkyl halides is 1. The van der Waals surface area contributed by atoms with Crippen molar-refractivity contribution >= 4 is 34.2 Å². The van der Waals surface area contributed by atoms with Gasteiger partial charge in [-0.3, -0.25) is 9.78 Å². The first-order chi connectivity index (χ1) is 16.3. The molecule has 5 nitrogen and oxygen atoms in total. The van der Waals surface area contributed by atoms with Gasteiger partial charge < -0.3 is 10.4 Å². The highest BCUT2D eigenvalue weighted by atomic mass is 127. The van der Waals surface area contributed by atoms with Crippen LogP contribution in [0.15, 0.2) is 42.7 Å². The zero-order chi connectivity index (χ0) is 24.4. The summed E-state index contributed by atoms with van der Waals surface area (Å²) in [4.78, 5) is 21.1. The van der Waals surface area contributed by atoms with Gasteiger partial charge in [-0.2, -0.15) is 0 Å². The van der Waals surface area contributed by atoms with Crippen molar-refractivity contribution in [3.05, 3.63) is 77.0 Å². The van der Waals surface area contributed by atoms with Gasteiger partial charge in [0, 0.05) is 10.1 Å². The lowest BCUT2D eigenvalue weighted by atomic mass is 9.78. The predicted octanol–water partition coefficient (Wildman–Crippen LogP) is 6.01. The van der Waals surface area contributed by atoms with E-state index in [4.69, 9.17) is 5.11 Å². The van der Waals surface area contributed by atoms with Crippen LogP contribution in [-0.4, -0.2) is 24.9 Å². The molecule has 3 atom stereocenters. The maximum absolute atomic E-state index is 14.5. The molecule has 1 fully saturated rings. The molecule has 1 saturated carbocycles. The van der Waals surface area contributed by atoms with Gasteiger partial charge >= 0.3 is 0 Å². The summed E-state index contributed by atoms with van der Waals surface area (Å²) in [7, 11) is 0. The number of rotatable bonds is 5. The van der Waals surface area contributed by atoms with Gasteiger partial charge in [0.25, 0.3) is 5.91 Å². The van der Waals surface area contributed by atoms with Gasteiger partial charge in [0.2, 0.25) is 0 Å². The highest BCUT2D eigenvalue weighted by Crippen LogP contribution is 2.41. The van der Waals surface area contributed by atoms with Crippen molar-refractivity contribution in [2.75, 3.05) is 5.32 Å². The summed E-state index contributed by atoms with van der Waals surface area (Å²) in [6.45, 7) is 1.64. The van der Waals surface area contributed by atoms with Gasteiger partial charge in [0.05, 0.1) is 24.1 Å². The van der Waals surface area contributed by atoms with Crippen LogP contribution in [0.2, 0.25) is 0 Å². The molecule has 4 rings (SSSR count). The first kappa shape index (κ1) is 24.6. The summed E-state index contributed by atoms with van der Waals surface area (Å²) in [5, 5.41) is 11.9. The number of carbonyl (C=O) groups is 1. The zero-order valence-corrected chi connectivity index (χ0v) is 20.5. The van der Waals surface area contributed by atoms with Crippen LogP contribution in [0.5, 0.6) is 0 Å². The smallest absolute Gasteiger partial charge is 0.274 e. The van der Waals surface area contributed by atoms with Crippen molar-refractivity contribution in [3.63, 3.8) is 0 Å². The lowest BCUT2D eigenvalue weighted by Crippen LogP contribution is -2.22. The van der Waals surface area contributed by atoms with Crippen LogP contribution in [0.3, 0.4) is 0 Å². The number of nitrogens with one attached hydrogen (secondary N) is 1. The molecule has 3 aromatic rings. The molecule has 1 aliphatic rings. The standard InChI is InChI=1S/C25H23F3IN3O2/c1-13-6-15(10-16(29)7-13)17-4-5-30-11-22(17)32-25(34)21-3-2-18(26)24(31-21)23-19(27)8-14(12-33)9-20(23)28/h2-5,8-9,11,13,15-16,33H,6-7,10,12H2,1H3,(H,32,34)/t13-,15?,16?/m0/s1. The van der Waals surface area contributed by atoms with Crippen molar-refractivity contribution < 1.29 is 23.1 Å². The predicted molar refractivity (Wildman–Crippen MR) is 131 cm³/mol. The number of anilines is 1. The molecule has 178 valence electrons. The lowest BCUT2D eigenvalue weighted by molar-refractivity contribution is 0.102. The molecule has 0 radical (unpaired) electrons. The van der Waals surface area contributed by atoms with E-state index in [1.54, 1.807) is 12.4 Å². The summed E-state index contributed by atoms with van der Waals surface area (Å²) in [5.74, 6) is -2.96. The van der Waals surface area contributed by atoms with Gasteiger partial charge in [0.1, 0.15) is 28.8 Å². The Bertz CT molecular complexity index is 1190. The first-order valence-corrected chi connectivity index (χ1v) is 12.2. The van der Waals surface area contributed by atoms with E-state index >= 15 is 0 Å². The molecule has 2 unspecified atom stereocenters. The number of benzene rings is 1. The number of aliphatic hydroxyl groups excluding tert-OH is 1.